The normalized spacial score (nSPS) is 25.1. The van der Waals surface area contributed by atoms with Gasteiger partial charge >= 0.3 is 0 Å². The van der Waals surface area contributed by atoms with Crippen LogP contribution in [0.3, 0.4) is 0 Å². The SMILES string of the molecule is O=C(CC1CCCO1)N1CCCC(c2nc3ccccc3s2)C1. The Labute approximate surface area is 140 Å². The Hall–Kier alpha value is -1.46. The summed E-state index contributed by atoms with van der Waals surface area (Å²) in [6, 6.07) is 8.28. The lowest BCUT2D eigenvalue weighted by Crippen LogP contribution is -2.40. The molecule has 2 saturated heterocycles. The second-order valence-corrected chi connectivity index (χ2v) is 7.60. The molecule has 2 aliphatic heterocycles. The van der Waals surface area contributed by atoms with Crippen molar-refractivity contribution in [2.45, 2.75) is 44.1 Å². The molecule has 2 fully saturated rings. The van der Waals surface area contributed by atoms with E-state index in [0.717, 1.165) is 50.9 Å². The number of carbonyl (C=O) groups is 1. The molecule has 1 aromatic heterocycles. The first-order valence-corrected chi connectivity index (χ1v) is 9.36. The van der Waals surface area contributed by atoms with Gasteiger partial charge in [-0.15, -0.1) is 11.3 Å². The van der Waals surface area contributed by atoms with Crippen LogP contribution in [0.1, 0.15) is 43.0 Å². The Morgan fingerprint density at radius 1 is 1.30 bits per heavy atom. The van der Waals surface area contributed by atoms with E-state index < -0.39 is 0 Å². The molecule has 0 radical (unpaired) electrons. The largest absolute Gasteiger partial charge is 0.378 e. The summed E-state index contributed by atoms with van der Waals surface area (Å²) in [6.45, 7) is 2.50. The molecule has 4 nitrogen and oxygen atoms in total. The van der Waals surface area contributed by atoms with Crippen molar-refractivity contribution in [3.63, 3.8) is 0 Å². The van der Waals surface area contributed by atoms with Crippen molar-refractivity contribution in [2.75, 3.05) is 19.7 Å². The van der Waals surface area contributed by atoms with Crippen LogP contribution in [0.2, 0.25) is 0 Å². The number of benzene rings is 1. The fourth-order valence-electron chi connectivity index (χ4n) is 3.60. The third kappa shape index (κ3) is 3.26. The summed E-state index contributed by atoms with van der Waals surface area (Å²) in [5.41, 5.74) is 1.08. The molecule has 3 heterocycles. The number of hydrogen-bond donors (Lipinski definition) is 0. The van der Waals surface area contributed by atoms with Gasteiger partial charge in [-0.05, 0) is 37.8 Å². The summed E-state index contributed by atoms with van der Waals surface area (Å²) in [4.78, 5) is 19.4. The molecule has 1 aromatic carbocycles. The van der Waals surface area contributed by atoms with Crippen molar-refractivity contribution >= 4 is 27.5 Å². The second-order valence-electron chi connectivity index (χ2n) is 6.54. The number of fused-ring (bicyclic) bond motifs is 1. The van der Waals surface area contributed by atoms with Crippen molar-refractivity contribution in [2.24, 2.45) is 0 Å². The predicted octanol–water partition coefficient (Wildman–Crippen LogP) is 3.57. The zero-order valence-electron chi connectivity index (χ0n) is 13.2. The first-order chi connectivity index (χ1) is 11.3. The standard InChI is InChI=1S/C18H22N2O2S/c21-17(11-14-6-4-10-22-14)20-9-3-5-13(12-20)18-19-15-7-1-2-8-16(15)23-18/h1-2,7-8,13-14H,3-6,9-12H2. The number of nitrogens with zero attached hydrogens (tertiary/aromatic N) is 2. The molecule has 2 atom stereocenters. The van der Waals surface area contributed by atoms with Crippen molar-refractivity contribution < 1.29 is 9.53 Å². The number of aromatic nitrogens is 1. The van der Waals surface area contributed by atoms with Crippen LogP contribution in [0.25, 0.3) is 10.2 Å². The van der Waals surface area contributed by atoms with Crippen LogP contribution in [0.15, 0.2) is 24.3 Å². The van der Waals surface area contributed by atoms with Gasteiger partial charge in [0, 0.05) is 25.6 Å². The summed E-state index contributed by atoms with van der Waals surface area (Å²) < 4.78 is 6.85. The van der Waals surface area contributed by atoms with E-state index in [4.69, 9.17) is 9.72 Å². The second kappa shape index (κ2) is 6.57. The molecule has 1 amide bonds. The van der Waals surface area contributed by atoms with E-state index in [0.29, 0.717) is 12.3 Å². The van der Waals surface area contributed by atoms with Crippen molar-refractivity contribution in [3.8, 4) is 0 Å². The van der Waals surface area contributed by atoms with E-state index in [9.17, 15) is 4.79 Å². The first kappa shape index (κ1) is 15.1. The minimum Gasteiger partial charge on any atom is -0.378 e. The van der Waals surface area contributed by atoms with Gasteiger partial charge < -0.3 is 9.64 Å². The summed E-state index contributed by atoms with van der Waals surface area (Å²) in [6.07, 6.45) is 5.01. The number of carbonyl (C=O) groups excluding carboxylic acids is 1. The minimum absolute atomic E-state index is 0.144. The van der Waals surface area contributed by atoms with Gasteiger partial charge in [0.05, 0.1) is 27.7 Å². The Kier molecular flexibility index (Phi) is 4.31. The highest BCUT2D eigenvalue weighted by Gasteiger charge is 2.29. The van der Waals surface area contributed by atoms with Crippen LogP contribution in [0.4, 0.5) is 0 Å². The van der Waals surface area contributed by atoms with Crippen LogP contribution in [-0.4, -0.2) is 41.6 Å². The summed E-state index contributed by atoms with van der Waals surface area (Å²) in [5, 5.41) is 1.18. The number of ether oxygens (including phenoxy) is 1. The molecule has 0 aliphatic carbocycles. The Balaban J connectivity index is 1.44. The fourth-order valence-corrected chi connectivity index (χ4v) is 4.69. The van der Waals surface area contributed by atoms with E-state index in [1.165, 1.54) is 9.71 Å². The summed E-state index contributed by atoms with van der Waals surface area (Å²) in [7, 11) is 0. The van der Waals surface area contributed by atoms with Gasteiger partial charge in [0.25, 0.3) is 0 Å². The van der Waals surface area contributed by atoms with Crippen LogP contribution < -0.4 is 0 Å². The highest BCUT2D eigenvalue weighted by atomic mass is 32.1. The Morgan fingerprint density at radius 2 is 2.22 bits per heavy atom. The Bertz CT molecular complexity index is 660. The predicted molar refractivity (Wildman–Crippen MR) is 91.8 cm³/mol. The molecule has 0 N–H and O–H groups in total. The van der Waals surface area contributed by atoms with Gasteiger partial charge in [-0.25, -0.2) is 4.98 Å². The number of piperidine rings is 1. The summed E-state index contributed by atoms with van der Waals surface area (Å²) in [5.74, 6) is 0.636. The van der Waals surface area contributed by atoms with Gasteiger partial charge in [0.2, 0.25) is 5.91 Å². The van der Waals surface area contributed by atoms with Gasteiger partial charge in [-0.1, -0.05) is 12.1 Å². The number of rotatable bonds is 3. The first-order valence-electron chi connectivity index (χ1n) is 8.54. The quantitative estimate of drug-likeness (QED) is 0.864. The van der Waals surface area contributed by atoms with Gasteiger partial charge in [0.15, 0.2) is 0 Å². The summed E-state index contributed by atoms with van der Waals surface area (Å²) >= 11 is 1.78. The number of hydrogen-bond acceptors (Lipinski definition) is 4. The van der Waals surface area contributed by atoms with E-state index >= 15 is 0 Å². The maximum absolute atomic E-state index is 12.5. The number of thiazole rings is 1. The highest BCUT2D eigenvalue weighted by molar-refractivity contribution is 7.18. The zero-order valence-corrected chi connectivity index (χ0v) is 14.1. The lowest BCUT2D eigenvalue weighted by molar-refractivity contribution is -0.134. The number of para-hydroxylation sites is 1. The third-order valence-electron chi connectivity index (χ3n) is 4.86. The average Bonchev–Trinajstić information content (AvgIpc) is 3.24. The van der Waals surface area contributed by atoms with Crippen LogP contribution in [-0.2, 0) is 9.53 Å². The molecular formula is C18H22N2O2S. The smallest absolute Gasteiger partial charge is 0.225 e. The molecule has 23 heavy (non-hydrogen) atoms. The topological polar surface area (TPSA) is 42.4 Å². The fraction of sp³-hybridized carbons (Fsp3) is 0.556. The lowest BCUT2D eigenvalue weighted by atomic mass is 9.98. The molecule has 2 aliphatic rings. The van der Waals surface area contributed by atoms with Gasteiger partial charge in [0.1, 0.15) is 0 Å². The molecular weight excluding hydrogens is 308 g/mol. The van der Waals surface area contributed by atoms with E-state index in [1.54, 1.807) is 11.3 Å². The average molecular weight is 330 g/mol. The zero-order chi connectivity index (χ0) is 15.6. The van der Waals surface area contributed by atoms with Gasteiger partial charge in [-0.2, -0.15) is 0 Å². The van der Waals surface area contributed by atoms with Crippen molar-refractivity contribution in [1.29, 1.82) is 0 Å². The molecule has 2 aromatic rings. The number of likely N-dealkylation sites (tertiary alicyclic amines) is 1. The highest BCUT2D eigenvalue weighted by Crippen LogP contribution is 2.33. The van der Waals surface area contributed by atoms with E-state index in [-0.39, 0.29) is 12.0 Å². The maximum Gasteiger partial charge on any atom is 0.225 e. The molecule has 2 unspecified atom stereocenters. The van der Waals surface area contributed by atoms with Gasteiger partial charge in [-0.3, -0.25) is 4.79 Å². The molecule has 0 bridgehead atoms. The lowest BCUT2D eigenvalue weighted by Gasteiger charge is -2.32. The minimum atomic E-state index is 0.144. The van der Waals surface area contributed by atoms with Crippen molar-refractivity contribution in [3.05, 3.63) is 29.3 Å². The molecule has 5 heteroatoms. The van der Waals surface area contributed by atoms with Crippen LogP contribution >= 0.6 is 11.3 Å². The van der Waals surface area contributed by atoms with Crippen molar-refractivity contribution in [1.82, 2.24) is 9.88 Å². The monoisotopic (exact) mass is 330 g/mol. The molecule has 0 saturated carbocycles. The van der Waals surface area contributed by atoms with E-state index in [2.05, 4.69) is 18.2 Å². The van der Waals surface area contributed by atoms with Crippen LogP contribution in [0.5, 0.6) is 0 Å². The molecule has 0 spiro atoms. The maximum atomic E-state index is 12.5. The van der Waals surface area contributed by atoms with Crippen LogP contribution in [0, 0.1) is 0 Å². The molecule has 122 valence electrons. The molecule has 4 rings (SSSR count). The number of amides is 1. The van der Waals surface area contributed by atoms with E-state index in [1.807, 2.05) is 11.0 Å². The Morgan fingerprint density at radius 3 is 3.04 bits per heavy atom. The third-order valence-corrected chi connectivity index (χ3v) is 6.06.